The molecule has 0 bridgehead atoms. The Kier molecular flexibility index (Phi) is 4.61. The maximum absolute atomic E-state index is 12.3. The average molecular weight is 345 g/mol. The second-order valence-corrected chi connectivity index (χ2v) is 5.36. The Labute approximate surface area is 131 Å². The van der Waals surface area contributed by atoms with Gasteiger partial charge in [-0.05, 0) is 42.8 Å². The lowest BCUT2D eigenvalue weighted by Crippen LogP contribution is -2.13. The van der Waals surface area contributed by atoms with E-state index in [9.17, 15) is 4.79 Å². The van der Waals surface area contributed by atoms with E-state index in [4.69, 9.17) is 10.00 Å². The summed E-state index contributed by atoms with van der Waals surface area (Å²) in [6.45, 7) is 1.91. The zero-order valence-electron chi connectivity index (χ0n) is 11.6. The SMILES string of the molecule is COc1cc(C(=O)Nc2cc(Br)ccc2C#N)ccc1C. The van der Waals surface area contributed by atoms with Gasteiger partial charge in [0.2, 0.25) is 0 Å². The van der Waals surface area contributed by atoms with Gasteiger partial charge >= 0.3 is 0 Å². The molecule has 106 valence electrons. The van der Waals surface area contributed by atoms with Crippen LogP contribution >= 0.6 is 15.9 Å². The number of aryl methyl sites for hydroxylation is 1. The molecule has 0 aromatic heterocycles. The number of carbonyl (C=O) groups is 1. The number of amides is 1. The first kappa shape index (κ1) is 15.1. The number of nitrogens with one attached hydrogen (secondary N) is 1. The minimum atomic E-state index is -0.289. The maximum atomic E-state index is 12.3. The summed E-state index contributed by atoms with van der Waals surface area (Å²) in [6, 6.07) is 12.4. The Morgan fingerprint density at radius 2 is 2.05 bits per heavy atom. The van der Waals surface area contributed by atoms with Gasteiger partial charge in [-0.25, -0.2) is 0 Å². The lowest BCUT2D eigenvalue weighted by molar-refractivity contribution is 0.102. The number of halogens is 1. The number of anilines is 1. The van der Waals surface area contributed by atoms with Gasteiger partial charge in [-0.15, -0.1) is 0 Å². The van der Waals surface area contributed by atoms with E-state index in [1.165, 1.54) is 0 Å². The molecule has 0 fully saturated rings. The first-order valence-electron chi connectivity index (χ1n) is 6.21. The molecule has 0 radical (unpaired) electrons. The predicted octanol–water partition coefficient (Wildman–Crippen LogP) is 3.89. The number of nitriles is 1. The molecular weight excluding hydrogens is 332 g/mol. The fourth-order valence-corrected chi connectivity index (χ4v) is 2.23. The van der Waals surface area contributed by atoms with Crippen LogP contribution in [0.2, 0.25) is 0 Å². The van der Waals surface area contributed by atoms with Crippen molar-refractivity contribution >= 4 is 27.5 Å². The minimum Gasteiger partial charge on any atom is -0.496 e. The van der Waals surface area contributed by atoms with Crippen molar-refractivity contribution < 1.29 is 9.53 Å². The Morgan fingerprint density at radius 3 is 2.71 bits per heavy atom. The van der Waals surface area contributed by atoms with Gasteiger partial charge in [-0.1, -0.05) is 22.0 Å². The quantitative estimate of drug-likeness (QED) is 0.918. The average Bonchev–Trinajstić information content (AvgIpc) is 2.48. The van der Waals surface area contributed by atoms with Gasteiger partial charge in [0.15, 0.2) is 0 Å². The number of nitrogens with zero attached hydrogens (tertiary/aromatic N) is 1. The molecule has 4 nitrogen and oxygen atoms in total. The maximum Gasteiger partial charge on any atom is 0.255 e. The van der Waals surface area contributed by atoms with Crippen molar-refractivity contribution in [2.75, 3.05) is 12.4 Å². The molecule has 0 saturated carbocycles. The molecular formula is C16H13BrN2O2. The van der Waals surface area contributed by atoms with E-state index in [-0.39, 0.29) is 5.91 Å². The van der Waals surface area contributed by atoms with Crippen LogP contribution in [0, 0.1) is 18.3 Å². The first-order chi connectivity index (χ1) is 10.0. The Hall–Kier alpha value is -2.32. The highest BCUT2D eigenvalue weighted by atomic mass is 79.9. The highest BCUT2D eigenvalue weighted by Gasteiger charge is 2.11. The Balaban J connectivity index is 2.30. The normalized spacial score (nSPS) is 9.81. The smallest absolute Gasteiger partial charge is 0.255 e. The molecule has 0 unspecified atom stereocenters. The van der Waals surface area contributed by atoms with Crippen LogP contribution in [-0.2, 0) is 0 Å². The monoisotopic (exact) mass is 344 g/mol. The molecule has 0 aliphatic rings. The summed E-state index contributed by atoms with van der Waals surface area (Å²) in [5.41, 5.74) is 2.30. The van der Waals surface area contributed by atoms with Crippen molar-refractivity contribution in [2.24, 2.45) is 0 Å². The van der Waals surface area contributed by atoms with Gasteiger partial charge in [0.05, 0.1) is 18.4 Å². The number of carbonyl (C=O) groups excluding carboxylic acids is 1. The molecule has 0 spiro atoms. The molecule has 2 aromatic carbocycles. The largest absolute Gasteiger partial charge is 0.496 e. The van der Waals surface area contributed by atoms with Gasteiger partial charge in [0, 0.05) is 10.0 Å². The lowest BCUT2D eigenvalue weighted by Gasteiger charge is -2.10. The summed E-state index contributed by atoms with van der Waals surface area (Å²) < 4.78 is 6.00. The second-order valence-electron chi connectivity index (χ2n) is 4.44. The number of rotatable bonds is 3. The molecule has 1 amide bonds. The number of hydrogen-bond acceptors (Lipinski definition) is 3. The third kappa shape index (κ3) is 3.41. The highest BCUT2D eigenvalue weighted by molar-refractivity contribution is 9.10. The zero-order chi connectivity index (χ0) is 15.4. The van der Waals surface area contributed by atoms with Crippen molar-refractivity contribution in [2.45, 2.75) is 6.92 Å². The summed E-state index contributed by atoms with van der Waals surface area (Å²) in [4.78, 5) is 12.3. The Bertz CT molecular complexity index is 736. The van der Waals surface area contributed by atoms with E-state index in [1.807, 2.05) is 13.0 Å². The minimum absolute atomic E-state index is 0.289. The van der Waals surface area contributed by atoms with E-state index in [2.05, 4.69) is 27.3 Å². The highest BCUT2D eigenvalue weighted by Crippen LogP contribution is 2.23. The van der Waals surface area contributed by atoms with Crippen molar-refractivity contribution in [3.8, 4) is 11.8 Å². The molecule has 1 N–H and O–H groups in total. The lowest BCUT2D eigenvalue weighted by atomic mass is 10.1. The van der Waals surface area contributed by atoms with E-state index < -0.39 is 0 Å². The molecule has 5 heteroatoms. The van der Waals surface area contributed by atoms with Crippen molar-refractivity contribution in [1.82, 2.24) is 0 Å². The summed E-state index contributed by atoms with van der Waals surface area (Å²) in [5.74, 6) is 0.361. The second kappa shape index (κ2) is 6.42. The summed E-state index contributed by atoms with van der Waals surface area (Å²) in [6.07, 6.45) is 0. The van der Waals surface area contributed by atoms with E-state index >= 15 is 0 Å². The van der Waals surface area contributed by atoms with Crippen molar-refractivity contribution in [3.63, 3.8) is 0 Å². The first-order valence-corrected chi connectivity index (χ1v) is 7.00. The molecule has 0 heterocycles. The van der Waals surface area contributed by atoms with Crippen molar-refractivity contribution in [1.29, 1.82) is 5.26 Å². The van der Waals surface area contributed by atoms with E-state index in [1.54, 1.807) is 37.4 Å². The predicted molar refractivity (Wildman–Crippen MR) is 84.5 cm³/mol. The van der Waals surface area contributed by atoms with Crippen LogP contribution in [0.3, 0.4) is 0 Å². The van der Waals surface area contributed by atoms with Crippen LogP contribution < -0.4 is 10.1 Å². The zero-order valence-corrected chi connectivity index (χ0v) is 13.2. The molecule has 2 rings (SSSR count). The summed E-state index contributed by atoms with van der Waals surface area (Å²) in [7, 11) is 1.56. The molecule has 0 saturated heterocycles. The summed E-state index contributed by atoms with van der Waals surface area (Å²) >= 11 is 3.32. The van der Waals surface area contributed by atoms with Gasteiger partial charge in [0.25, 0.3) is 5.91 Å². The number of ether oxygens (including phenoxy) is 1. The summed E-state index contributed by atoms with van der Waals surface area (Å²) in [5, 5.41) is 11.8. The topological polar surface area (TPSA) is 62.1 Å². The number of methoxy groups -OCH3 is 1. The van der Waals surface area contributed by atoms with Gasteiger partial charge in [-0.3, -0.25) is 4.79 Å². The molecule has 0 aliphatic heterocycles. The van der Waals surface area contributed by atoms with Crippen LogP contribution in [0.4, 0.5) is 5.69 Å². The van der Waals surface area contributed by atoms with Crippen LogP contribution in [-0.4, -0.2) is 13.0 Å². The number of benzene rings is 2. The van der Waals surface area contributed by atoms with Crippen LogP contribution in [0.25, 0.3) is 0 Å². The van der Waals surface area contributed by atoms with Crippen molar-refractivity contribution in [3.05, 3.63) is 57.6 Å². The van der Waals surface area contributed by atoms with Gasteiger partial charge in [-0.2, -0.15) is 5.26 Å². The van der Waals surface area contributed by atoms with E-state index in [0.29, 0.717) is 22.6 Å². The molecule has 0 aliphatic carbocycles. The fraction of sp³-hybridized carbons (Fsp3) is 0.125. The third-order valence-electron chi connectivity index (χ3n) is 3.02. The van der Waals surface area contributed by atoms with Crippen LogP contribution in [0.15, 0.2) is 40.9 Å². The third-order valence-corrected chi connectivity index (χ3v) is 3.51. The van der Waals surface area contributed by atoms with Crippen LogP contribution in [0.1, 0.15) is 21.5 Å². The van der Waals surface area contributed by atoms with Gasteiger partial charge < -0.3 is 10.1 Å². The van der Waals surface area contributed by atoms with Gasteiger partial charge in [0.1, 0.15) is 11.8 Å². The van der Waals surface area contributed by atoms with Crippen LogP contribution in [0.5, 0.6) is 5.75 Å². The van der Waals surface area contributed by atoms with E-state index in [0.717, 1.165) is 10.0 Å². The molecule has 0 atom stereocenters. The fourth-order valence-electron chi connectivity index (χ4n) is 1.87. The molecule has 21 heavy (non-hydrogen) atoms. The molecule has 2 aromatic rings. The standard InChI is InChI=1S/C16H13BrN2O2/c1-10-3-4-11(7-15(10)21-2)16(20)19-14-8-13(17)6-5-12(14)9-18/h3-8H,1-2H3,(H,19,20). The number of hydrogen-bond donors (Lipinski definition) is 1. The Morgan fingerprint density at radius 1 is 1.29 bits per heavy atom.